The fraction of sp³-hybridized carbons (Fsp3) is 0.292. The smallest absolute Gasteiger partial charge is 0.120 e. The molecular weight excluding hydrogens is 841 g/mol. The zero-order valence-electron chi connectivity index (χ0n) is 31.7. The van der Waals surface area contributed by atoms with Crippen molar-refractivity contribution in [3.63, 3.8) is 0 Å². The molecule has 7 aromatic rings. The number of hydrogen-bond acceptors (Lipinski definition) is 3. The van der Waals surface area contributed by atoms with Crippen molar-refractivity contribution in [3.05, 3.63) is 139 Å². The number of nitrogens with zero attached hydrogens (tertiary/aromatic N) is 2. The molecule has 0 unspecified atom stereocenters. The topological polar surface area (TPSA) is 38.9 Å². The standard InChI is InChI=1S/C30H26NO.C18H24NSi.Ir/c1-3-9-21(10-4-1)19-22-17-18-31-27(20-22)25-16-15-24(23-11-5-2-6-12-23)29-26-13-7-8-14-28(26)32-30(25)29;1-14(2)11-16-12-17(15-9-7-6-8-10-15)19-13-18(16)20(3,4)5;/h2,5-8,11-15,17-18,20-21H,1,3-4,9-10,19H2;6-9,12-14H,11H2,1-5H3;/q2*-1;. The van der Waals surface area contributed by atoms with Crippen LogP contribution in [-0.4, -0.2) is 18.0 Å². The quantitative estimate of drug-likeness (QED) is 0.113. The molecule has 8 rings (SSSR count). The van der Waals surface area contributed by atoms with Gasteiger partial charge in [0.15, 0.2) is 0 Å². The van der Waals surface area contributed by atoms with Crippen molar-refractivity contribution in [2.45, 2.75) is 78.4 Å². The number of para-hydroxylation sites is 1. The van der Waals surface area contributed by atoms with E-state index in [1.807, 2.05) is 42.6 Å². The van der Waals surface area contributed by atoms with Gasteiger partial charge in [0.2, 0.25) is 0 Å². The van der Waals surface area contributed by atoms with Gasteiger partial charge in [-0.25, -0.2) is 0 Å². The molecule has 0 N–H and O–H groups in total. The van der Waals surface area contributed by atoms with Crippen molar-refractivity contribution in [2.75, 3.05) is 0 Å². The molecule has 0 bridgehead atoms. The van der Waals surface area contributed by atoms with Gasteiger partial charge in [0.05, 0.1) is 13.7 Å². The summed E-state index contributed by atoms with van der Waals surface area (Å²) in [4.78, 5) is 9.42. The van der Waals surface area contributed by atoms with Gasteiger partial charge in [-0.15, -0.1) is 48.0 Å². The van der Waals surface area contributed by atoms with Gasteiger partial charge in [-0.3, -0.25) is 0 Å². The summed E-state index contributed by atoms with van der Waals surface area (Å²) in [6, 6.07) is 42.5. The molecular formula is C48H50IrN2OSi-2. The molecule has 0 amide bonds. The number of rotatable bonds is 8. The number of hydrogen-bond donors (Lipinski definition) is 0. The van der Waals surface area contributed by atoms with E-state index in [0.717, 1.165) is 68.8 Å². The molecule has 0 aliphatic heterocycles. The Bertz CT molecular complexity index is 2250. The minimum absolute atomic E-state index is 0. The van der Waals surface area contributed by atoms with Gasteiger partial charge in [-0.05, 0) is 58.8 Å². The van der Waals surface area contributed by atoms with Crippen LogP contribution in [0.15, 0.2) is 120 Å². The molecule has 1 aliphatic rings. The average Bonchev–Trinajstić information content (AvgIpc) is 3.55. The number of benzene rings is 4. The minimum Gasteiger partial charge on any atom is -0.501 e. The van der Waals surface area contributed by atoms with Crippen LogP contribution in [0.2, 0.25) is 19.6 Å². The molecule has 1 radical (unpaired) electrons. The second kappa shape index (κ2) is 17.3. The monoisotopic (exact) mass is 891 g/mol. The minimum atomic E-state index is -1.34. The third-order valence-corrected chi connectivity index (χ3v) is 12.3. The summed E-state index contributed by atoms with van der Waals surface area (Å²) in [6.45, 7) is 11.7. The molecule has 4 aromatic carbocycles. The van der Waals surface area contributed by atoms with E-state index >= 15 is 0 Å². The maximum atomic E-state index is 6.42. The molecule has 1 aliphatic carbocycles. The molecule has 53 heavy (non-hydrogen) atoms. The predicted molar refractivity (Wildman–Crippen MR) is 222 cm³/mol. The van der Waals surface area contributed by atoms with E-state index in [-0.39, 0.29) is 20.1 Å². The molecule has 0 spiro atoms. The van der Waals surface area contributed by atoms with E-state index < -0.39 is 8.07 Å². The second-order valence-electron chi connectivity index (χ2n) is 15.9. The molecule has 1 fully saturated rings. The molecule has 0 saturated heterocycles. The Kier molecular flexibility index (Phi) is 12.6. The van der Waals surface area contributed by atoms with Crippen LogP contribution in [0.5, 0.6) is 0 Å². The van der Waals surface area contributed by atoms with Crippen LogP contribution < -0.4 is 5.19 Å². The van der Waals surface area contributed by atoms with E-state index in [2.05, 4.69) is 124 Å². The molecule has 3 nitrogen and oxygen atoms in total. The van der Waals surface area contributed by atoms with Crippen molar-refractivity contribution in [2.24, 2.45) is 11.8 Å². The number of pyridine rings is 2. The van der Waals surface area contributed by atoms with Gasteiger partial charge in [-0.1, -0.05) is 154 Å². The van der Waals surface area contributed by atoms with Gasteiger partial charge in [0.25, 0.3) is 0 Å². The first-order chi connectivity index (χ1) is 25.2. The Labute approximate surface area is 330 Å². The third kappa shape index (κ3) is 9.15. The summed E-state index contributed by atoms with van der Waals surface area (Å²) in [5.41, 5.74) is 11.0. The van der Waals surface area contributed by atoms with Crippen LogP contribution in [0.25, 0.3) is 55.6 Å². The van der Waals surface area contributed by atoms with Gasteiger partial charge in [0.1, 0.15) is 5.58 Å². The van der Waals surface area contributed by atoms with Crippen LogP contribution in [0.3, 0.4) is 0 Å². The second-order valence-corrected chi connectivity index (χ2v) is 20.9. The summed E-state index contributed by atoms with van der Waals surface area (Å²) in [7, 11) is -1.34. The predicted octanol–water partition coefficient (Wildman–Crippen LogP) is 12.5. The van der Waals surface area contributed by atoms with Crippen molar-refractivity contribution >= 4 is 35.2 Å². The Morgan fingerprint density at radius 3 is 2.30 bits per heavy atom. The van der Waals surface area contributed by atoms with Gasteiger partial charge in [0, 0.05) is 37.9 Å². The maximum absolute atomic E-state index is 6.42. The number of aromatic nitrogens is 2. The Balaban J connectivity index is 0.000000199. The zero-order chi connectivity index (χ0) is 36.1. The maximum Gasteiger partial charge on any atom is 0.120 e. The Morgan fingerprint density at radius 2 is 1.57 bits per heavy atom. The van der Waals surface area contributed by atoms with Crippen molar-refractivity contribution in [1.29, 1.82) is 0 Å². The third-order valence-electron chi connectivity index (χ3n) is 10.3. The van der Waals surface area contributed by atoms with E-state index in [1.54, 1.807) is 0 Å². The van der Waals surface area contributed by atoms with E-state index in [9.17, 15) is 0 Å². The number of furan rings is 1. The van der Waals surface area contributed by atoms with E-state index in [4.69, 9.17) is 9.40 Å². The fourth-order valence-electron chi connectivity index (χ4n) is 7.75. The first-order valence-corrected chi connectivity index (χ1v) is 22.6. The van der Waals surface area contributed by atoms with Crippen molar-refractivity contribution < 1.29 is 24.5 Å². The SMILES string of the molecule is CC(C)Cc1cc(-c2[c-]cccc2)ncc1[Si](C)(C)C.[Ir].[c-]1cc(-c2ccccc2)c2c(oc3ccccc32)c1-c1cc(CC2CCCCC2)ccn1. The Morgan fingerprint density at radius 1 is 0.811 bits per heavy atom. The van der Waals surface area contributed by atoms with Crippen LogP contribution in [0.1, 0.15) is 57.1 Å². The first kappa shape index (κ1) is 38.6. The van der Waals surface area contributed by atoms with Crippen LogP contribution in [0, 0.1) is 24.0 Å². The van der Waals surface area contributed by atoms with Gasteiger partial charge < -0.3 is 14.4 Å². The Hall–Kier alpha value is -4.15. The molecule has 273 valence electrons. The van der Waals surface area contributed by atoms with E-state index in [0.29, 0.717) is 5.92 Å². The average molecular weight is 891 g/mol. The van der Waals surface area contributed by atoms with Crippen molar-refractivity contribution in [3.8, 4) is 33.6 Å². The molecule has 0 atom stereocenters. The summed E-state index contributed by atoms with van der Waals surface area (Å²) >= 11 is 0. The van der Waals surface area contributed by atoms with Crippen LogP contribution in [0.4, 0.5) is 0 Å². The summed E-state index contributed by atoms with van der Waals surface area (Å²) < 4.78 is 6.42. The normalized spacial score (nSPS) is 13.5. The van der Waals surface area contributed by atoms with Crippen LogP contribution in [-0.2, 0) is 32.9 Å². The molecule has 5 heteroatoms. The van der Waals surface area contributed by atoms with Gasteiger partial charge in [-0.2, -0.15) is 0 Å². The first-order valence-electron chi connectivity index (χ1n) is 19.1. The van der Waals surface area contributed by atoms with Gasteiger partial charge >= 0.3 is 0 Å². The summed E-state index contributed by atoms with van der Waals surface area (Å²) in [6.07, 6.45) is 13.2. The largest absolute Gasteiger partial charge is 0.501 e. The zero-order valence-corrected chi connectivity index (χ0v) is 35.1. The van der Waals surface area contributed by atoms with E-state index in [1.165, 1.54) is 54.0 Å². The molecule has 3 heterocycles. The fourth-order valence-corrected chi connectivity index (χ4v) is 9.34. The molecule has 3 aromatic heterocycles. The molecule has 1 saturated carbocycles. The summed E-state index contributed by atoms with van der Waals surface area (Å²) in [5, 5.41) is 3.76. The van der Waals surface area contributed by atoms with Crippen molar-refractivity contribution in [1.82, 2.24) is 9.97 Å². The number of fused-ring (bicyclic) bond motifs is 3. The summed E-state index contributed by atoms with van der Waals surface area (Å²) in [5.74, 6) is 1.47. The van der Waals surface area contributed by atoms with Crippen LogP contribution >= 0.6 is 0 Å².